The average molecular weight is 337 g/mol. The molecule has 0 fully saturated rings. The molecule has 0 bridgehead atoms. The van der Waals surface area contributed by atoms with Gasteiger partial charge in [-0.25, -0.2) is 5.43 Å². The van der Waals surface area contributed by atoms with Gasteiger partial charge in [-0.2, -0.15) is 10.2 Å². The molecular formula is C15H17ClN4O3. The normalized spacial score (nSPS) is 11.0. The molecule has 1 amide bonds. The molecule has 2 aromatic rings. The van der Waals surface area contributed by atoms with Crippen LogP contribution >= 0.6 is 11.6 Å². The van der Waals surface area contributed by atoms with Gasteiger partial charge >= 0.3 is 0 Å². The Morgan fingerprint density at radius 3 is 2.91 bits per heavy atom. The summed E-state index contributed by atoms with van der Waals surface area (Å²) in [6.07, 6.45) is 1.44. The van der Waals surface area contributed by atoms with E-state index in [0.717, 1.165) is 0 Å². The summed E-state index contributed by atoms with van der Waals surface area (Å²) < 4.78 is 6.68. The lowest BCUT2D eigenvalue weighted by Gasteiger charge is -2.06. The molecule has 122 valence electrons. The molecular weight excluding hydrogens is 320 g/mol. The van der Waals surface area contributed by atoms with Crippen LogP contribution in [0, 0.1) is 6.92 Å². The van der Waals surface area contributed by atoms with Crippen LogP contribution in [0.4, 0.5) is 0 Å². The third-order valence-corrected chi connectivity index (χ3v) is 3.48. The van der Waals surface area contributed by atoms with Crippen molar-refractivity contribution in [3.63, 3.8) is 0 Å². The van der Waals surface area contributed by atoms with Crippen molar-refractivity contribution in [2.45, 2.75) is 13.8 Å². The van der Waals surface area contributed by atoms with Crippen LogP contribution in [-0.4, -0.2) is 33.6 Å². The fraction of sp³-hybridized carbons (Fsp3) is 0.267. The zero-order chi connectivity index (χ0) is 17.0. The quantitative estimate of drug-likeness (QED) is 0.647. The van der Waals surface area contributed by atoms with E-state index in [0.29, 0.717) is 28.6 Å². The fourth-order valence-electron chi connectivity index (χ4n) is 1.98. The van der Waals surface area contributed by atoms with Gasteiger partial charge in [-0.05, 0) is 37.6 Å². The molecule has 0 radical (unpaired) electrons. The summed E-state index contributed by atoms with van der Waals surface area (Å²) >= 11 is 6.04. The Bertz CT molecular complexity index is 755. The van der Waals surface area contributed by atoms with Crippen molar-refractivity contribution in [1.29, 1.82) is 0 Å². The number of carbonyl (C=O) groups is 1. The molecule has 0 saturated heterocycles. The van der Waals surface area contributed by atoms with Gasteiger partial charge in [0.05, 0.1) is 23.5 Å². The van der Waals surface area contributed by atoms with E-state index in [1.165, 1.54) is 17.0 Å². The van der Waals surface area contributed by atoms with Crippen LogP contribution in [0.2, 0.25) is 5.02 Å². The number of nitrogens with zero attached hydrogens (tertiary/aromatic N) is 3. The Morgan fingerprint density at radius 2 is 2.30 bits per heavy atom. The van der Waals surface area contributed by atoms with Crippen LogP contribution in [0.3, 0.4) is 0 Å². The van der Waals surface area contributed by atoms with Crippen LogP contribution in [0.25, 0.3) is 0 Å². The number of hydrogen-bond donors (Lipinski definition) is 2. The van der Waals surface area contributed by atoms with Crippen molar-refractivity contribution in [3.8, 4) is 11.5 Å². The maximum atomic E-state index is 12.1. The zero-order valence-electron chi connectivity index (χ0n) is 13.0. The number of aromatic nitrogens is 2. The molecule has 2 N–H and O–H groups in total. The number of phenolic OH excluding ortho intramolecular Hbond substituents is 1. The summed E-state index contributed by atoms with van der Waals surface area (Å²) in [6.45, 7) is 3.97. The second kappa shape index (κ2) is 7.15. The van der Waals surface area contributed by atoms with Gasteiger partial charge in [-0.15, -0.1) is 0 Å². The van der Waals surface area contributed by atoms with E-state index in [2.05, 4.69) is 15.6 Å². The zero-order valence-corrected chi connectivity index (χ0v) is 13.8. The van der Waals surface area contributed by atoms with Crippen LogP contribution in [-0.2, 0) is 7.05 Å². The van der Waals surface area contributed by atoms with Crippen LogP contribution in [0.15, 0.2) is 23.3 Å². The monoisotopic (exact) mass is 336 g/mol. The summed E-state index contributed by atoms with van der Waals surface area (Å²) in [5.74, 6) is -0.0589. The molecule has 0 saturated carbocycles. The Labute approximate surface area is 138 Å². The number of aromatic hydroxyl groups is 1. The first-order valence-electron chi connectivity index (χ1n) is 6.92. The smallest absolute Gasteiger partial charge is 0.291 e. The van der Waals surface area contributed by atoms with Crippen molar-refractivity contribution in [2.75, 3.05) is 6.61 Å². The molecule has 1 heterocycles. The molecule has 0 aliphatic heterocycles. The molecule has 0 aliphatic rings. The van der Waals surface area contributed by atoms with Crippen LogP contribution in [0.5, 0.6) is 11.5 Å². The molecule has 1 aromatic carbocycles. The number of benzene rings is 1. The number of rotatable bonds is 5. The number of hydrazone groups is 1. The number of ether oxygens (including phenoxy) is 1. The van der Waals surface area contributed by atoms with Crippen LogP contribution in [0.1, 0.15) is 28.7 Å². The highest BCUT2D eigenvalue weighted by molar-refractivity contribution is 6.34. The number of carbonyl (C=O) groups excluding carboxylic acids is 1. The molecule has 1 aromatic heterocycles. The van der Waals surface area contributed by atoms with Gasteiger partial charge < -0.3 is 9.84 Å². The minimum atomic E-state index is -0.460. The van der Waals surface area contributed by atoms with E-state index in [1.807, 2.05) is 6.92 Å². The Kier molecular flexibility index (Phi) is 5.23. The summed E-state index contributed by atoms with van der Waals surface area (Å²) in [5.41, 5.74) is 3.87. The third kappa shape index (κ3) is 3.81. The summed E-state index contributed by atoms with van der Waals surface area (Å²) in [4.78, 5) is 12.1. The highest BCUT2D eigenvalue weighted by Gasteiger charge is 2.18. The van der Waals surface area contributed by atoms with Gasteiger partial charge in [0, 0.05) is 7.05 Å². The molecule has 0 atom stereocenters. The minimum absolute atomic E-state index is 0.0465. The van der Waals surface area contributed by atoms with Gasteiger partial charge in [0.2, 0.25) is 0 Å². The van der Waals surface area contributed by atoms with E-state index in [1.54, 1.807) is 26.1 Å². The maximum absolute atomic E-state index is 12.1. The van der Waals surface area contributed by atoms with Crippen molar-refractivity contribution < 1.29 is 14.6 Å². The van der Waals surface area contributed by atoms with Gasteiger partial charge in [0.15, 0.2) is 11.5 Å². The lowest BCUT2D eigenvalue weighted by Crippen LogP contribution is -2.21. The van der Waals surface area contributed by atoms with Gasteiger partial charge in [-0.3, -0.25) is 9.48 Å². The van der Waals surface area contributed by atoms with E-state index >= 15 is 0 Å². The van der Waals surface area contributed by atoms with E-state index < -0.39 is 5.91 Å². The standard InChI is InChI=1S/C15H17ClN4O3/c1-4-23-12-7-10(5-6-11(12)21)8-17-18-15(22)14-13(16)9(2)19-20(14)3/h5-8,21H,4H2,1-3H3,(H,18,22). The first-order chi connectivity index (χ1) is 10.9. The topological polar surface area (TPSA) is 88.7 Å². The number of amides is 1. The summed E-state index contributed by atoms with van der Waals surface area (Å²) in [5, 5.41) is 17.9. The van der Waals surface area contributed by atoms with E-state index in [4.69, 9.17) is 16.3 Å². The van der Waals surface area contributed by atoms with Gasteiger partial charge in [0.25, 0.3) is 5.91 Å². The number of halogens is 1. The lowest BCUT2D eigenvalue weighted by molar-refractivity contribution is 0.0946. The average Bonchev–Trinajstić information content (AvgIpc) is 2.75. The van der Waals surface area contributed by atoms with Gasteiger partial charge in [0.1, 0.15) is 5.69 Å². The van der Waals surface area contributed by atoms with Crippen molar-refractivity contribution in [3.05, 3.63) is 40.2 Å². The summed E-state index contributed by atoms with van der Waals surface area (Å²) in [6, 6.07) is 4.76. The highest BCUT2D eigenvalue weighted by atomic mass is 35.5. The lowest BCUT2D eigenvalue weighted by atomic mass is 10.2. The van der Waals surface area contributed by atoms with Crippen molar-refractivity contribution in [2.24, 2.45) is 12.1 Å². The molecule has 0 spiro atoms. The number of aryl methyl sites for hydroxylation is 2. The first kappa shape index (κ1) is 16.8. The number of phenols is 1. The fourth-order valence-corrected chi connectivity index (χ4v) is 2.23. The molecule has 0 unspecified atom stereocenters. The van der Waals surface area contributed by atoms with Crippen molar-refractivity contribution >= 4 is 23.7 Å². The molecule has 7 nitrogen and oxygen atoms in total. The largest absolute Gasteiger partial charge is 0.504 e. The van der Waals surface area contributed by atoms with E-state index in [9.17, 15) is 9.90 Å². The van der Waals surface area contributed by atoms with Crippen molar-refractivity contribution in [1.82, 2.24) is 15.2 Å². The summed E-state index contributed by atoms with van der Waals surface area (Å²) in [7, 11) is 1.63. The number of nitrogens with one attached hydrogen (secondary N) is 1. The molecule has 23 heavy (non-hydrogen) atoms. The Morgan fingerprint density at radius 1 is 1.57 bits per heavy atom. The second-order valence-corrected chi connectivity index (χ2v) is 5.11. The van der Waals surface area contributed by atoms with Crippen LogP contribution < -0.4 is 10.2 Å². The minimum Gasteiger partial charge on any atom is -0.504 e. The number of hydrogen-bond acceptors (Lipinski definition) is 5. The molecule has 2 rings (SSSR count). The Hall–Kier alpha value is -2.54. The predicted molar refractivity (Wildman–Crippen MR) is 87.3 cm³/mol. The third-order valence-electron chi connectivity index (χ3n) is 3.03. The predicted octanol–water partition coefficient (Wildman–Crippen LogP) is 2.25. The van der Waals surface area contributed by atoms with Gasteiger partial charge in [-0.1, -0.05) is 11.6 Å². The SMILES string of the molecule is CCOc1cc(C=NNC(=O)c2c(Cl)c(C)nn2C)ccc1O. The molecule has 0 aliphatic carbocycles. The Balaban J connectivity index is 2.09. The first-order valence-corrected chi connectivity index (χ1v) is 7.30. The highest BCUT2D eigenvalue weighted by Crippen LogP contribution is 2.26. The molecule has 8 heteroatoms. The second-order valence-electron chi connectivity index (χ2n) is 4.73. The van der Waals surface area contributed by atoms with E-state index in [-0.39, 0.29) is 11.4 Å². The maximum Gasteiger partial charge on any atom is 0.291 e.